The lowest BCUT2D eigenvalue weighted by molar-refractivity contribution is 0.218. The summed E-state index contributed by atoms with van der Waals surface area (Å²) in [4.78, 5) is 30.9. The molecule has 4 heterocycles. The first-order valence-corrected chi connectivity index (χ1v) is 8.06. The van der Waals surface area contributed by atoms with Gasteiger partial charge in [0.15, 0.2) is 5.82 Å². The van der Waals surface area contributed by atoms with Gasteiger partial charge in [-0.2, -0.15) is 0 Å². The van der Waals surface area contributed by atoms with Gasteiger partial charge in [-0.25, -0.2) is 9.97 Å². The minimum absolute atomic E-state index is 0.0459. The average molecular weight is 313 g/mol. The molecule has 0 spiro atoms. The van der Waals surface area contributed by atoms with Gasteiger partial charge in [-0.15, -0.1) is 0 Å². The number of hydrogen-bond donors (Lipinski definition) is 1. The first kappa shape index (κ1) is 14.3. The number of fused-ring (bicyclic) bond motifs is 1. The van der Waals surface area contributed by atoms with Crippen LogP contribution < -0.4 is 5.56 Å². The fraction of sp³-hybridized carbons (Fsp3) is 0.500. The van der Waals surface area contributed by atoms with E-state index in [0.717, 1.165) is 55.7 Å². The topological polar surface area (TPSA) is 87.4 Å². The number of rotatable bonds is 3. The van der Waals surface area contributed by atoms with Gasteiger partial charge in [0.05, 0.1) is 29.7 Å². The van der Waals surface area contributed by atoms with Crippen LogP contribution in [-0.2, 0) is 19.5 Å². The smallest absolute Gasteiger partial charge is 0.255 e. The zero-order valence-corrected chi connectivity index (χ0v) is 12.9. The molecule has 0 amide bonds. The number of hydrogen-bond acceptors (Lipinski definition) is 6. The third-order valence-electron chi connectivity index (χ3n) is 4.39. The predicted molar refractivity (Wildman–Crippen MR) is 84.4 cm³/mol. The molecule has 1 N–H and O–H groups in total. The van der Waals surface area contributed by atoms with E-state index in [2.05, 4.69) is 24.8 Å². The average Bonchev–Trinajstić information content (AvgIpc) is 3.09. The Hall–Kier alpha value is -2.28. The molecule has 23 heavy (non-hydrogen) atoms. The Morgan fingerprint density at radius 2 is 2.26 bits per heavy atom. The van der Waals surface area contributed by atoms with Crippen molar-refractivity contribution in [2.45, 2.75) is 38.8 Å². The third-order valence-corrected chi connectivity index (χ3v) is 4.39. The molecular formula is C16H19N5O2. The minimum Gasteiger partial charge on any atom is -0.448 e. The van der Waals surface area contributed by atoms with Gasteiger partial charge in [-0.3, -0.25) is 14.7 Å². The summed E-state index contributed by atoms with van der Waals surface area (Å²) < 4.78 is 5.28. The Bertz CT molecular complexity index is 778. The fourth-order valence-corrected chi connectivity index (χ4v) is 3.17. The molecule has 0 saturated heterocycles. The summed E-state index contributed by atoms with van der Waals surface area (Å²) in [5.41, 5.74) is 2.55. The van der Waals surface area contributed by atoms with Crippen LogP contribution in [-0.4, -0.2) is 38.7 Å². The highest BCUT2D eigenvalue weighted by atomic mass is 16.3. The number of H-pyrrole nitrogens is 1. The molecule has 0 saturated carbocycles. The molecule has 0 fully saturated rings. The fourth-order valence-electron chi connectivity index (χ4n) is 3.17. The number of aliphatic imine (C=N–C) groups is 1. The molecule has 2 aliphatic rings. The highest BCUT2D eigenvalue weighted by molar-refractivity contribution is 5.97. The van der Waals surface area contributed by atoms with Crippen LogP contribution in [0.25, 0.3) is 0 Å². The van der Waals surface area contributed by atoms with Gasteiger partial charge in [0.1, 0.15) is 6.26 Å². The number of oxazole rings is 1. The molecule has 0 aliphatic carbocycles. The largest absolute Gasteiger partial charge is 0.448 e. The van der Waals surface area contributed by atoms with Gasteiger partial charge in [-0.1, -0.05) is 0 Å². The maximum Gasteiger partial charge on any atom is 0.255 e. The molecule has 2 aliphatic heterocycles. The summed E-state index contributed by atoms with van der Waals surface area (Å²) in [6, 6.07) is 0. The van der Waals surface area contributed by atoms with Crippen molar-refractivity contribution in [3.05, 3.63) is 45.8 Å². The van der Waals surface area contributed by atoms with Crippen LogP contribution in [0.1, 0.15) is 42.2 Å². The summed E-state index contributed by atoms with van der Waals surface area (Å²) in [5, 5.41) is 0. The van der Waals surface area contributed by atoms with E-state index in [1.54, 1.807) is 12.5 Å². The lowest BCUT2D eigenvalue weighted by Crippen LogP contribution is -2.36. The van der Waals surface area contributed by atoms with Crippen LogP contribution in [0.4, 0.5) is 0 Å². The SMILES string of the molecule is O=c1[nH]c(C2=NCCCC2)nc2c1CN(Cc1ncco1)CC2. The maximum atomic E-state index is 12.5. The molecule has 0 atom stereocenters. The van der Waals surface area contributed by atoms with Crippen LogP contribution >= 0.6 is 0 Å². The second kappa shape index (κ2) is 6.08. The molecule has 120 valence electrons. The number of aromatic nitrogens is 3. The van der Waals surface area contributed by atoms with Crippen molar-refractivity contribution in [1.82, 2.24) is 19.9 Å². The molecule has 2 aromatic rings. The van der Waals surface area contributed by atoms with Gasteiger partial charge in [-0.05, 0) is 19.3 Å². The Morgan fingerprint density at radius 3 is 3.04 bits per heavy atom. The Labute approximate surface area is 133 Å². The molecule has 4 rings (SSSR count). The van der Waals surface area contributed by atoms with E-state index in [-0.39, 0.29) is 5.56 Å². The minimum atomic E-state index is -0.0459. The second-order valence-corrected chi connectivity index (χ2v) is 6.01. The van der Waals surface area contributed by atoms with Crippen molar-refractivity contribution in [3.63, 3.8) is 0 Å². The van der Waals surface area contributed by atoms with Crippen LogP contribution in [0.15, 0.2) is 26.7 Å². The van der Waals surface area contributed by atoms with E-state index in [1.807, 2.05) is 0 Å². The van der Waals surface area contributed by atoms with E-state index < -0.39 is 0 Å². The van der Waals surface area contributed by atoms with Crippen molar-refractivity contribution in [3.8, 4) is 0 Å². The summed E-state index contributed by atoms with van der Waals surface area (Å²) in [5.74, 6) is 1.33. The highest BCUT2D eigenvalue weighted by Gasteiger charge is 2.23. The maximum absolute atomic E-state index is 12.5. The number of nitrogens with zero attached hydrogens (tertiary/aromatic N) is 4. The quantitative estimate of drug-likeness (QED) is 0.922. The van der Waals surface area contributed by atoms with Gasteiger partial charge < -0.3 is 9.40 Å². The first-order chi connectivity index (χ1) is 11.3. The van der Waals surface area contributed by atoms with Gasteiger partial charge in [0, 0.05) is 26.1 Å². The van der Waals surface area contributed by atoms with Crippen LogP contribution in [0.3, 0.4) is 0 Å². The van der Waals surface area contributed by atoms with Crippen LogP contribution in [0.5, 0.6) is 0 Å². The summed E-state index contributed by atoms with van der Waals surface area (Å²) >= 11 is 0. The second-order valence-electron chi connectivity index (χ2n) is 6.01. The lowest BCUT2D eigenvalue weighted by atomic mass is 10.1. The molecule has 7 heteroatoms. The molecule has 0 aromatic carbocycles. The summed E-state index contributed by atoms with van der Waals surface area (Å²) in [6.07, 6.45) is 7.10. The van der Waals surface area contributed by atoms with Crippen molar-refractivity contribution in [1.29, 1.82) is 0 Å². The normalized spacial score (nSPS) is 18.5. The van der Waals surface area contributed by atoms with Gasteiger partial charge in [0.25, 0.3) is 5.56 Å². The van der Waals surface area contributed by atoms with Crippen LogP contribution in [0.2, 0.25) is 0 Å². The van der Waals surface area contributed by atoms with E-state index in [9.17, 15) is 4.79 Å². The summed E-state index contributed by atoms with van der Waals surface area (Å²) in [6.45, 7) is 2.87. The molecule has 2 aromatic heterocycles. The third kappa shape index (κ3) is 2.96. The standard InChI is InChI=1S/C16H19N5O2/c22-16-11-9-21(10-14-18-6-8-23-14)7-4-12(11)19-15(20-16)13-3-1-2-5-17-13/h6,8H,1-5,7,9-10H2,(H,19,20,22). The van der Waals surface area contributed by atoms with Gasteiger partial charge in [0.2, 0.25) is 5.89 Å². The van der Waals surface area contributed by atoms with E-state index in [0.29, 0.717) is 24.8 Å². The Morgan fingerprint density at radius 1 is 1.30 bits per heavy atom. The van der Waals surface area contributed by atoms with Crippen molar-refractivity contribution in [2.24, 2.45) is 4.99 Å². The van der Waals surface area contributed by atoms with Crippen molar-refractivity contribution in [2.75, 3.05) is 13.1 Å². The Kier molecular flexibility index (Phi) is 3.78. The van der Waals surface area contributed by atoms with E-state index >= 15 is 0 Å². The number of aromatic amines is 1. The zero-order valence-electron chi connectivity index (χ0n) is 12.9. The van der Waals surface area contributed by atoms with E-state index in [1.165, 1.54) is 0 Å². The first-order valence-electron chi connectivity index (χ1n) is 8.06. The van der Waals surface area contributed by atoms with Crippen molar-refractivity contribution < 1.29 is 4.42 Å². The van der Waals surface area contributed by atoms with E-state index in [4.69, 9.17) is 4.42 Å². The monoisotopic (exact) mass is 313 g/mol. The van der Waals surface area contributed by atoms with Crippen molar-refractivity contribution >= 4 is 5.71 Å². The number of nitrogens with one attached hydrogen (secondary N) is 1. The zero-order chi connectivity index (χ0) is 15.6. The Balaban J connectivity index is 1.58. The lowest BCUT2D eigenvalue weighted by Gasteiger charge is -2.26. The molecule has 0 radical (unpaired) electrons. The molecule has 0 bridgehead atoms. The highest BCUT2D eigenvalue weighted by Crippen LogP contribution is 2.17. The molecular weight excluding hydrogens is 294 g/mol. The molecule has 0 unspecified atom stereocenters. The molecule has 7 nitrogen and oxygen atoms in total. The summed E-state index contributed by atoms with van der Waals surface area (Å²) in [7, 11) is 0. The van der Waals surface area contributed by atoms with Crippen LogP contribution in [0, 0.1) is 0 Å². The predicted octanol–water partition coefficient (Wildman–Crippen LogP) is 1.29. The van der Waals surface area contributed by atoms with Gasteiger partial charge >= 0.3 is 0 Å².